The standard InChI is InChI=1S/C11H17BrN2/c1-14(2)6-5-10-4-3-9(8-13)7-11(10)12/h3-4,7H,5-6,8,13H2,1-2H3. The molecule has 14 heavy (non-hydrogen) atoms. The topological polar surface area (TPSA) is 29.3 Å². The summed E-state index contributed by atoms with van der Waals surface area (Å²) >= 11 is 3.56. The normalized spacial score (nSPS) is 10.9. The van der Waals surface area contributed by atoms with Gasteiger partial charge in [0, 0.05) is 17.6 Å². The van der Waals surface area contributed by atoms with Crippen molar-refractivity contribution >= 4 is 15.9 Å². The lowest BCUT2D eigenvalue weighted by Gasteiger charge is -2.11. The molecular weight excluding hydrogens is 240 g/mol. The lowest BCUT2D eigenvalue weighted by Crippen LogP contribution is -2.15. The van der Waals surface area contributed by atoms with Crippen LogP contribution in [0.15, 0.2) is 22.7 Å². The Morgan fingerprint density at radius 2 is 2.07 bits per heavy atom. The van der Waals surface area contributed by atoms with E-state index in [1.807, 2.05) is 0 Å². The summed E-state index contributed by atoms with van der Waals surface area (Å²) in [6.07, 6.45) is 1.07. The van der Waals surface area contributed by atoms with Gasteiger partial charge in [0.25, 0.3) is 0 Å². The van der Waals surface area contributed by atoms with E-state index in [9.17, 15) is 0 Å². The summed E-state index contributed by atoms with van der Waals surface area (Å²) in [6.45, 7) is 1.67. The summed E-state index contributed by atoms with van der Waals surface area (Å²) < 4.78 is 1.17. The first-order valence-corrected chi connectivity index (χ1v) is 5.55. The lowest BCUT2D eigenvalue weighted by atomic mass is 10.1. The average molecular weight is 257 g/mol. The Morgan fingerprint density at radius 1 is 1.36 bits per heavy atom. The molecule has 2 N–H and O–H groups in total. The molecule has 0 aliphatic carbocycles. The van der Waals surface area contributed by atoms with Crippen molar-refractivity contribution in [1.82, 2.24) is 4.90 Å². The minimum atomic E-state index is 0.604. The summed E-state index contributed by atoms with van der Waals surface area (Å²) in [7, 11) is 4.17. The molecule has 0 heterocycles. The summed E-state index contributed by atoms with van der Waals surface area (Å²) in [5.74, 6) is 0. The minimum absolute atomic E-state index is 0.604. The highest BCUT2D eigenvalue weighted by Crippen LogP contribution is 2.19. The number of nitrogens with two attached hydrogens (primary N) is 1. The van der Waals surface area contributed by atoms with E-state index >= 15 is 0 Å². The predicted molar refractivity (Wildman–Crippen MR) is 64.3 cm³/mol. The number of likely N-dealkylation sites (N-methyl/N-ethyl adjacent to an activating group) is 1. The van der Waals surface area contributed by atoms with Crippen molar-refractivity contribution in [2.75, 3.05) is 20.6 Å². The smallest absolute Gasteiger partial charge is 0.0211 e. The quantitative estimate of drug-likeness (QED) is 0.894. The molecule has 0 amide bonds. The van der Waals surface area contributed by atoms with Gasteiger partial charge in [-0.25, -0.2) is 0 Å². The first kappa shape index (κ1) is 11.7. The van der Waals surface area contributed by atoms with Crippen LogP contribution in [0.5, 0.6) is 0 Å². The van der Waals surface area contributed by atoms with Crippen LogP contribution in [0.1, 0.15) is 11.1 Å². The first-order chi connectivity index (χ1) is 6.63. The van der Waals surface area contributed by atoms with Crippen molar-refractivity contribution in [2.24, 2.45) is 5.73 Å². The Morgan fingerprint density at radius 3 is 2.57 bits per heavy atom. The van der Waals surface area contributed by atoms with Gasteiger partial charge in [-0.05, 0) is 37.7 Å². The van der Waals surface area contributed by atoms with E-state index in [0.29, 0.717) is 6.54 Å². The predicted octanol–water partition coefficient (Wildman–Crippen LogP) is 2.01. The Labute approximate surface area is 94.2 Å². The molecule has 1 aromatic rings. The first-order valence-electron chi connectivity index (χ1n) is 4.75. The second kappa shape index (κ2) is 5.49. The third kappa shape index (κ3) is 3.40. The molecule has 0 atom stereocenters. The fraction of sp³-hybridized carbons (Fsp3) is 0.455. The zero-order valence-electron chi connectivity index (χ0n) is 8.76. The van der Waals surface area contributed by atoms with Crippen LogP contribution in [0.25, 0.3) is 0 Å². The Hall–Kier alpha value is -0.380. The van der Waals surface area contributed by atoms with Crippen LogP contribution in [0.2, 0.25) is 0 Å². The molecule has 0 aliphatic heterocycles. The second-order valence-corrected chi connectivity index (χ2v) is 4.54. The van der Waals surface area contributed by atoms with Crippen LogP contribution in [0, 0.1) is 0 Å². The molecule has 0 aromatic heterocycles. The van der Waals surface area contributed by atoms with Crippen LogP contribution >= 0.6 is 15.9 Å². The number of nitrogens with zero attached hydrogens (tertiary/aromatic N) is 1. The largest absolute Gasteiger partial charge is 0.326 e. The van der Waals surface area contributed by atoms with E-state index in [2.05, 4.69) is 53.1 Å². The molecule has 0 unspecified atom stereocenters. The molecule has 2 nitrogen and oxygen atoms in total. The Kier molecular flexibility index (Phi) is 4.58. The van der Waals surface area contributed by atoms with Gasteiger partial charge in [-0.1, -0.05) is 28.1 Å². The van der Waals surface area contributed by atoms with Crippen LogP contribution in [0.3, 0.4) is 0 Å². The maximum Gasteiger partial charge on any atom is 0.0211 e. The summed E-state index contributed by atoms with van der Waals surface area (Å²) in [5, 5.41) is 0. The Balaban J connectivity index is 2.69. The summed E-state index contributed by atoms with van der Waals surface area (Å²) in [4.78, 5) is 2.18. The number of hydrogen-bond acceptors (Lipinski definition) is 2. The SMILES string of the molecule is CN(C)CCc1ccc(CN)cc1Br. The van der Waals surface area contributed by atoms with Crippen molar-refractivity contribution in [3.05, 3.63) is 33.8 Å². The highest BCUT2D eigenvalue weighted by atomic mass is 79.9. The van der Waals surface area contributed by atoms with E-state index in [4.69, 9.17) is 5.73 Å². The molecule has 0 bridgehead atoms. The molecule has 0 aliphatic rings. The van der Waals surface area contributed by atoms with E-state index in [0.717, 1.165) is 13.0 Å². The van der Waals surface area contributed by atoms with Crippen molar-refractivity contribution in [2.45, 2.75) is 13.0 Å². The van der Waals surface area contributed by atoms with E-state index in [1.165, 1.54) is 15.6 Å². The minimum Gasteiger partial charge on any atom is -0.326 e. The average Bonchev–Trinajstić information content (AvgIpc) is 2.15. The molecule has 1 aromatic carbocycles. The van der Waals surface area contributed by atoms with Crippen LogP contribution in [-0.2, 0) is 13.0 Å². The zero-order valence-corrected chi connectivity index (χ0v) is 10.3. The van der Waals surface area contributed by atoms with Crippen molar-refractivity contribution in [1.29, 1.82) is 0 Å². The maximum absolute atomic E-state index is 5.56. The fourth-order valence-corrected chi connectivity index (χ4v) is 1.89. The van der Waals surface area contributed by atoms with Crippen molar-refractivity contribution in [3.8, 4) is 0 Å². The third-order valence-corrected chi connectivity index (χ3v) is 2.92. The molecule has 0 saturated carbocycles. The van der Waals surface area contributed by atoms with Crippen molar-refractivity contribution in [3.63, 3.8) is 0 Å². The van der Waals surface area contributed by atoms with E-state index < -0.39 is 0 Å². The van der Waals surface area contributed by atoms with Crippen LogP contribution in [0.4, 0.5) is 0 Å². The van der Waals surface area contributed by atoms with Gasteiger partial charge in [0.2, 0.25) is 0 Å². The van der Waals surface area contributed by atoms with Gasteiger partial charge in [-0.2, -0.15) is 0 Å². The van der Waals surface area contributed by atoms with Gasteiger partial charge in [0.05, 0.1) is 0 Å². The number of benzene rings is 1. The van der Waals surface area contributed by atoms with Crippen LogP contribution < -0.4 is 5.73 Å². The fourth-order valence-electron chi connectivity index (χ4n) is 1.26. The van der Waals surface area contributed by atoms with Gasteiger partial charge in [-0.15, -0.1) is 0 Å². The Bertz CT molecular complexity index is 297. The number of hydrogen-bond donors (Lipinski definition) is 1. The van der Waals surface area contributed by atoms with E-state index in [-0.39, 0.29) is 0 Å². The summed E-state index contributed by atoms with van der Waals surface area (Å²) in [6, 6.07) is 6.34. The number of halogens is 1. The van der Waals surface area contributed by atoms with Crippen molar-refractivity contribution < 1.29 is 0 Å². The van der Waals surface area contributed by atoms with Gasteiger partial charge >= 0.3 is 0 Å². The molecular formula is C11H17BrN2. The van der Waals surface area contributed by atoms with Crippen LogP contribution in [-0.4, -0.2) is 25.5 Å². The van der Waals surface area contributed by atoms with Gasteiger partial charge in [0.1, 0.15) is 0 Å². The van der Waals surface area contributed by atoms with E-state index in [1.54, 1.807) is 0 Å². The molecule has 78 valence electrons. The van der Waals surface area contributed by atoms with Gasteiger partial charge in [0.15, 0.2) is 0 Å². The lowest BCUT2D eigenvalue weighted by molar-refractivity contribution is 0.413. The second-order valence-electron chi connectivity index (χ2n) is 3.68. The third-order valence-electron chi connectivity index (χ3n) is 2.18. The monoisotopic (exact) mass is 256 g/mol. The molecule has 1 rings (SSSR count). The molecule has 0 fully saturated rings. The molecule has 0 saturated heterocycles. The zero-order chi connectivity index (χ0) is 10.6. The highest BCUT2D eigenvalue weighted by Gasteiger charge is 2.01. The summed E-state index contributed by atoms with van der Waals surface area (Å²) in [5.41, 5.74) is 8.08. The van der Waals surface area contributed by atoms with Gasteiger partial charge < -0.3 is 10.6 Å². The molecule has 3 heteroatoms. The maximum atomic E-state index is 5.56. The highest BCUT2D eigenvalue weighted by molar-refractivity contribution is 9.10. The molecule has 0 spiro atoms. The number of rotatable bonds is 4. The van der Waals surface area contributed by atoms with Gasteiger partial charge in [-0.3, -0.25) is 0 Å². The molecule has 0 radical (unpaired) electrons.